The Bertz CT molecular complexity index is 215. The van der Waals surface area contributed by atoms with Crippen molar-refractivity contribution in [3.63, 3.8) is 0 Å². The average molecular weight is 175 g/mol. The SMILES string of the molecule is Cc1nn(CCCO)cc1Cl. The summed E-state index contributed by atoms with van der Waals surface area (Å²) in [4.78, 5) is 0. The van der Waals surface area contributed by atoms with E-state index in [0.29, 0.717) is 5.02 Å². The van der Waals surface area contributed by atoms with E-state index in [2.05, 4.69) is 5.10 Å². The Hall–Kier alpha value is -0.540. The van der Waals surface area contributed by atoms with Crippen molar-refractivity contribution in [2.24, 2.45) is 0 Å². The molecule has 1 aromatic heterocycles. The highest BCUT2D eigenvalue weighted by atomic mass is 35.5. The third-order valence-corrected chi connectivity index (χ3v) is 1.80. The van der Waals surface area contributed by atoms with Crippen LogP contribution in [0, 0.1) is 6.92 Å². The van der Waals surface area contributed by atoms with Gasteiger partial charge in [0.25, 0.3) is 0 Å². The van der Waals surface area contributed by atoms with Crippen LogP contribution in [-0.2, 0) is 6.54 Å². The predicted octanol–water partition coefficient (Wildman–Crippen LogP) is 1.23. The van der Waals surface area contributed by atoms with E-state index in [-0.39, 0.29) is 6.61 Å². The molecule has 11 heavy (non-hydrogen) atoms. The number of aliphatic hydroxyl groups is 1. The fraction of sp³-hybridized carbons (Fsp3) is 0.571. The standard InChI is InChI=1S/C7H11ClN2O/c1-6-7(8)5-10(9-6)3-2-4-11/h5,11H,2-4H2,1H3. The fourth-order valence-corrected chi connectivity index (χ4v) is 0.991. The van der Waals surface area contributed by atoms with Crippen LogP contribution in [0.4, 0.5) is 0 Å². The molecule has 0 saturated carbocycles. The first kappa shape index (κ1) is 8.56. The quantitative estimate of drug-likeness (QED) is 0.749. The Kier molecular flexibility index (Phi) is 2.91. The molecule has 1 heterocycles. The number of aryl methyl sites for hydroxylation is 2. The Morgan fingerprint density at radius 1 is 1.73 bits per heavy atom. The van der Waals surface area contributed by atoms with Gasteiger partial charge in [-0.25, -0.2) is 0 Å². The van der Waals surface area contributed by atoms with E-state index in [0.717, 1.165) is 18.7 Å². The van der Waals surface area contributed by atoms with Crippen molar-refractivity contribution in [3.8, 4) is 0 Å². The first-order valence-corrected chi connectivity index (χ1v) is 3.92. The molecule has 1 aromatic rings. The van der Waals surface area contributed by atoms with Gasteiger partial charge in [0, 0.05) is 19.3 Å². The number of rotatable bonds is 3. The van der Waals surface area contributed by atoms with Crippen LogP contribution in [0.15, 0.2) is 6.20 Å². The summed E-state index contributed by atoms with van der Waals surface area (Å²) in [5.74, 6) is 0. The first-order valence-electron chi connectivity index (χ1n) is 3.54. The largest absolute Gasteiger partial charge is 0.396 e. The molecule has 0 amide bonds. The van der Waals surface area contributed by atoms with Crippen LogP contribution in [0.5, 0.6) is 0 Å². The number of hydrogen-bond acceptors (Lipinski definition) is 2. The smallest absolute Gasteiger partial charge is 0.0814 e. The minimum Gasteiger partial charge on any atom is -0.396 e. The molecule has 3 nitrogen and oxygen atoms in total. The van der Waals surface area contributed by atoms with Gasteiger partial charge in [-0.05, 0) is 13.3 Å². The molecule has 62 valence electrons. The second kappa shape index (κ2) is 3.74. The second-order valence-corrected chi connectivity index (χ2v) is 2.81. The molecule has 0 bridgehead atoms. The van der Waals surface area contributed by atoms with Gasteiger partial charge in [-0.3, -0.25) is 4.68 Å². The van der Waals surface area contributed by atoms with E-state index in [1.165, 1.54) is 0 Å². The maximum absolute atomic E-state index is 8.53. The third kappa shape index (κ3) is 2.20. The van der Waals surface area contributed by atoms with Gasteiger partial charge in [-0.15, -0.1) is 0 Å². The minimum absolute atomic E-state index is 0.191. The molecule has 0 unspecified atom stereocenters. The van der Waals surface area contributed by atoms with E-state index in [1.54, 1.807) is 10.9 Å². The lowest BCUT2D eigenvalue weighted by molar-refractivity contribution is 0.277. The molecule has 0 aliphatic rings. The van der Waals surface area contributed by atoms with Gasteiger partial charge in [0.2, 0.25) is 0 Å². The fourth-order valence-electron chi connectivity index (χ4n) is 0.841. The number of nitrogens with zero attached hydrogens (tertiary/aromatic N) is 2. The maximum Gasteiger partial charge on any atom is 0.0814 e. The molecule has 0 radical (unpaired) electrons. The molecular formula is C7H11ClN2O. The maximum atomic E-state index is 8.53. The average Bonchev–Trinajstić information content (AvgIpc) is 2.28. The van der Waals surface area contributed by atoms with Crippen molar-refractivity contribution in [2.75, 3.05) is 6.61 Å². The summed E-state index contributed by atoms with van der Waals surface area (Å²) in [7, 11) is 0. The summed E-state index contributed by atoms with van der Waals surface area (Å²) in [6.07, 6.45) is 2.49. The highest BCUT2D eigenvalue weighted by Gasteiger charge is 1.99. The summed E-state index contributed by atoms with van der Waals surface area (Å²) in [6.45, 7) is 2.78. The molecular weight excluding hydrogens is 164 g/mol. The van der Waals surface area contributed by atoms with Gasteiger partial charge in [-0.1, -0.05) is 11.6 Å². The van der Waals surface area contributed by atoms with E-state index in [9.17, 15) is 0 Å². The van der Waals surface area contributed by atoms with E-state index >= 15 is 0 Å². The van der Waals surface area contributed by atoms with Gasteiger partial charge >= 0.3 is 0 Å². The number of aromatic nitrogens is 2. The van der Waals surface area contributed by atoms with Crippen molar-refractivity contribution in [3.05, 3.63) is 16.9 Å². The zero-order chi connectivity index (χ0) is 8.27. The molecule has 0 saturated heterocycles. The highest BCUT2D eigenvalue weighted by Crippen LogP contribution is 2.11. The summed E-state index contributed by atoms with van der Waals surface area (Å²) in [5.41, 5.74) is 0.838. The van der Waals surface area contributed by atoms with Crippen LogP contribution in [-0.4, -0.2) is 21.5 Å². The van der Waals surface area contributed by atoms with Crippen LogP contribution in [0.25, 0.3) is 0 Å². The number of halogens is 1. The Morgan fingerprint density at radius 2 is 2.45 bits per heavy atom. The van der Waals surface area contributed by atoms with Crippen molar-refractivity contribution in [1.29, 1.82) is 0 Å². The van der Waals surface area contributed by atoms with Crippen LogP contribution < -0.4 is 0 Å². The zero-order valence-electron chi connectivity index (χ0n) is 6.42. The highest BCUT2D eigenvalue weighted by molar-refractivity contribution is 6.31. The van der Waals surface area contributed by atoms with Crippen molar-refractivity contribution < 1.29 is 5.11 Å². The van der Waals surface area contributed by atoms with Crippen molar-refractivity contribution >= 4 is 11.6 Å². The van der Waals surface area contributed by atoms with Gasteiger partial charge in [0.15, 0.2) is 0 Å². The molecule has 0 atom stereocenters. The number of aliphatic hydroxyl groups excluding tert-OH is 1. The van der Waals surface area contributed by atoms with Gasteiger partial charge in [0.1, 0.15) is 0 Å². The zero-order valence-corrected chi connectivity index (χ0v) is 7.17. The van der Waals surface area contributed by atoms with Crippen LogP contribution >= 0.6 is 11.6 Å². The third-order valence-electron chi connectivity index (χ3n) is 1.43. The van der Waals surface area contributed by atoms with Gasteiger partial charge in [0.05, 0.1) is 10.7 Å². The molecule has 0 fully saturated rings. The Morgan fingerprint density at radius 3 is 2.91 bits per heavy atom. The van der Waals surface area contributed by atoms with Gasteiger partial charge in [-0.2, -0.15) is 5.10 Å². The monoisotopic (exact) mass is 174 g/mol. The molecule has 1 rings (SSSR count). The van der Waals surface area contributed by atoms with E-state index in [4.69, 9.17) is 16.7 Å². The normalized spacial score (nSPS) is 10.5. The minimum atomic E-state index is 0.191. The summed E-state index contributed by atoms with van der Waals surface area (Å²) in [6, 6.07) is 0. The molecule has 1 N–H and O–H groups in total. The lowest BCUT2D eigenvalue weighted by Gasteiger charge is -1.96. The number of hydrogen-bond donors (Lipinski definition) is 1. The lowest BCUT2D eigenvalue weighted by Crippen LogP contribution is -2.00. The van der Waals surface area contributed by atoms with Crippen LogP contribution in [0.1, 0.15) is 12.1 Å². The summed E-state index contributed by atoms with van der Waals surface area (Å²) in [5, 5.41) is 13.3. The Labute approximate surface area is 70.6 Å². The summed E-state index contributed by atoms with van der Waals surface area (Å²) >= 11 is 5.76. The molecule has 0 aliphatic carbocycles. The lowest BCUT2D eigenvalue weighted by atomic mass is 10.4. The van der Waals surface area contributed by atoms with E-state index < -0.39 is 0 Å². The summed E-state index contributed by atoms with van der Waals surface area (Å²) < 4.78 is 1.74. The van der Waals surface area contributed by atoms with Crippen LogP contribution in [0.3, 0.4) is 0 Å². The van der Waals surface area contributed by atoms with E-state index in [1.807, 2.05) is 6.92 Å². The predicted molar refractivity (Wildman–Crippen MR) is 43.7 cm³/mol. The molecule has 0 aliphatic heterocycles. The molecule has 4 heteroatoms. The molecule has 0 aromatic carbocycles. The second-order valence-electron chi connectivity index (χ2n) is 2.40. The van der Waals surface area contributed by atoms with Crippen molar-refractivity contribution in [2.45, 2.75) is 19.9 Å². The molecule has 0 spiro atoms. The topological polar surface area (TPSA) is 38.0 Å². The Balaban J connectivity index is 2.58. The first-order chi connectivity index (χ1) is 5.24. The van der Waals surface area contributed by atoms with Gasteiger partial charge < -0.3 is 5.11 Å². The van der Waals surface area contributed by atoms with Crippen molar-refractivity contribution in [1.82, 2.24) is 9.78 Å². The van der Waals surface area contributed by atoms with Crippen LogP contribution in [0.2, 0.25) is 5.02 Å².